The molecule has 2 heterocycles. The van der Waals surface area contributed by atoms with Crippen molar-refractivity contribution in [1.29, 1.82) is 0 Å². The second-order valence-corrected chi connectivity index (χ2v) is 5.36. The molecule has 0 saturated carbocycles. The van der Waals surface area contributed by atoms with Crippen molar-refractivity contribution < 1.29 is 9.90 Å². The molecule has 0 radical (unpaired) electrons. The van der Waals surface area contributed by atoms with Crippen LogP contribution in [0.25, 0.3) is 10.1 Å². The number of nitrogens with zero attached hydrogens (tertiary/aromatic N) is 1. The minimum atomic E-state index is -0.676. The smallest absolute Gasteiger partial charge is 0.308 e. The van der Waals surface area contributed by atoms with Gasteiger partial charge in [-0.05, 0) is 35.4 Å². The van der Waals surface area contributed by atoms with Crippen LogP contribution in [0.4, 0.5) is 5.69 Å². The highest BCUT2D eigenvalue weighted by Gasteiger charge is 2.28. The van der Waals surface area contributed by atoms with Crippen molar-refractivity contribution in [2.24, 2.45) is 5.92 Å². The van der Waals surface area contributed by atoms with E-state index in [9.17, 15) is 4.79 Å². The summed E-state index contributed by atoms with van der Waals surface area (Å²) < 4.78 is 1.27. The second-order valence-electron chi connectivity index (χ2n) is 4.41. The zero-order valence-corrected chi connectivity index (χ0v) is 10.1. The van der Waals surface area contributed by atoms with Crippen LogP contribution >= 0.6 is 11.3 Å². The molecule has 3 rings (SSSR count). The molecule has 1 aromatic heterocycles. The molecule has 0 spiro atoms. The topological polar surface area (TPSA) is 40.5 Å². The van der Waals surface area contributed by atoms with Crippen LogP contribution in [-0.4, -0.2) is 24.2 Å². The number of aliphatic carboxylic acids is 1. The van der Waals surface area contributed by atoms with E-state index >= 15 is 0 Å². The summed E-state index contributed by atoms with van der Waals surface area (Å²) >= 11 is 1.72. The Bertz CT molecular complexity index is 563. The summed E-state index contributed by atoms with van der Waals surface area (Å²) in [5.74, 6) is -0.890. The molecule has 0 bridgehead atoms. The summed E-state index contributed by atoms with van der Waals surface area (Å²) in [6, 6.07) is 8.45. The highest BCUT2D eigenvalue weighted by Crippen LogP contribution is 2.29. The zero-order chi connectivity index (χ0) is 11.8. The van der Waals surface area contributed by atoms with Gasteiger partial charge in [0.2, 0.25) is 0 Å². The third kappa shape index (κ3) is 1.89. The number of hydrogen-bond acceptors (Lipinski definition) is 3. The Labute approximate surface area is 103 Å². The Morgan fingerprint density at radius 2 is 2.29 bits per heavy atom. The lowest BCUT2D eigenvalue weighted by Crippen LogP contribution is -2.22. The number of carboxylic acid groups (broad SMARTS) is 1. The fraction of sp³-hybridized carbons (Fsp3) is 0.308. The lowest BCUT2D eigenvalue weighted by atomic mass is 10.1. The minimum absolute atomic E-state index is 0.214. The number of hydrogen-bond donors (Lipinski definition) is 1. The molecule has 2 aromatic rings. The molecule has 3 nitrogen and oxygen atoms in total. The molecule has 1 atom stereocenters. The summed E-state index contributed by atoms with van der Waals surface area (Å²) in [4.78, 5) is 13.1. The van der Waals surface area contributed by atoms with E-state index in [1.807, 2.05) is 0 Å². The molecular formula is C13H13NO2S. The Kier molecular flexibility index (Phi) is 2.52. The minimum Gasteiger partial charge on any atom is -0.481 e. The maximum Gasteiger partial charge on any atom is 0.308 e. The highest BCUT2D eigenvalue weighted by molar-refractivity contribution is 7.17. The lowest BCUT2D eigenvalue weighted by Gasteiger charge is -2.18. The van der Waals surface area contributed by atoms with Crippen molar-refractivity contribution in [3.63, 3.8) is 0 Å². The molecule has 1 aliphatic heterocycles. The number of thiophene rings is 1. The molecular weight excluding hydrogens is 234 g/mol. The third-order valence-corrected chi connectivity index (χ3v) is 4.22. The molecule has 1 aliphatic rings. The standard InChI is InChI=1S/C13H13NO2S/c15-13(16)10-3-5-14(8-10)11-2-1-9-4-6-17-12(9)7-11/h1-2,4,6-7,10H,3,5,8H2,(H,15,16). The number of rotatable bonds is 2. The van der Waals surface area contributed by atoms with Gasteiger partial charge in [0.1, 0.15) is 0 Å². The number of carbonyl (C=O) groups is 1. The van der Waals surface area contributed by atoms with E-state index in [1.165, 1.54) is 10.1 Å². The molecule has 1 aromatic carbocycles. The van der Waals surface area contributed by atoms with Gasteiger partial charge in [0.05, 0.1) is 5.92 Å². The predicted octanol–water partition coefficient (Wildman–Crippen LogP) is 2.81. The average Bonchev–Trinajstić information content (AvgIpc) is 2.97. The van der Waals surface area contributed by atoms with Gasteiger partial charge < -0.3 is 10.0 Å². The molecule has 1 fully saturated rings. The maximum absolute atomic E-state index is 10.9. The van der Waals surface area contributed by atoms with Crippen molar-refractivity contribution >= 4 is 33.1 Å². The van der Waals surface area contributed by atoms with Gasteiger partial charge in [0.15, 0.2) is 0 Å². The first-order chi connectivity index (χ1) is 8.24. The average molecular weight is 247 g/mol. The molecule has 17 heavy (non-hydrogen) atoms. The van der Waals surface area contributed by atoms with Gasteiger partial charge in [-0.15, -0.1) is 11.3 Å². The van der Waals surface area contributed by atoms with E-state index < -0.39 is 5.97 Å². The Morgan fingerprint density at radius 1 is 1.41 bits per heavy atom. The Hall–Kier alpha value is -1.55. The quantitative estimate of drug-likeness (QED) is 0.887. The van der Waals surface area contributed by atoms with Crippen molar-refractivity contribution in [2.45, 2.75) is 6.42 Å². The van der Waals surface area contributed by atoms with Crippen LogP contribution in [0.5, 0.6) is 0 Å². The normalized spacial score (nSPS) is 20.0. The summed E-state index contributed by atoms with van der Waals surface area (Å²) in [5, 5.41) is 12.3. The zero-order valence-electron chi connectivity index (χ0n) is 9.30. The molecule has 1 unspecified atom stereocenters. The first kappa shape index (κ1) is 10.6. The number of fused-ring (bicyclic) bond motifs is 1. The van der Waals surface area contributed by atoms with E-state index in [4.69, 9.17) is 5.11 Å². The molecule has 88 valence electrons. The Balaban J connectivity index is 1.87. The number of benzene rings is 1. The van der Waals surface area contributed by atoms with E-state index in [0.717, 1.165) is 18.7 Å². The van der Waals surface area contributed by atoms with Crippen LogP contribution in [0.2, 0.25) is 0 Å². The van der Waals surface area contributed by atoms with Gasteiger partial charge >= 0.3 is 5.97 Å². The lowest BCUT2D eigenvalue weighted by molar-refractivity contribution is -0.140. The first-order valence-corrected chi connectivity index (χ1v) is 6.57. The van der Waals surface area contributed by atoms with E-state index in [1.54, 1.807) is 11.3 Å². The number of anilines is 1. The summed E-state index contributed by atoms with van der Waals surface area (Å²) in [6.45, 7) is 1.47. The van der Waals surface area contributed by atoms with Crippen LogP contribution in [0.15, 0.2) is 29.6 Å². The summed E-state index contributed by atoms with van der Waals surface area (Å²) in [5.41, 5.74) is 1.14. The van der Waals surface area contributed by atoms with Gasteiger partial charge in [-0.3, -0.25) is 4.79 Å². The molecule has 0 aliphatic carbocycles. The summed E-state index contributed by atoms with van der Waals surface area (Å²) in [6.07, 6.45) is 0.748. The Morgan fingerprint density at radius 3 is 3.06 bits per heavy atom. The van der Waals surface area contributed by atoms with Gasteiger partial charge in [-0.1, -0.05) is 6.07 Å². The maximum atomic E-state index is 10.9. The fourth-order valence-corrected chi connectivity index (χ4v) is 3.16. The van der Waals surface area contributed by atoms with E-state index in [-0.39, 0.29) is 5.92 Å². The predicted molar refractivity (Wildman–Crippen MR) is 69.8 cm³/mol. The van der Waals surface area contributed by atoms with Crippen LogP contribution in [-0.2, 0) is 4.79 Å². The second kappa shape index (κ2) is 4.04. The van der Waals surface area contributed by atoms with Crippen molar-refractivity contribution in [3.05, 3.63) is 29.6 Å². The highest BCUT2D eigenvalue weighted by atomic mass is 32.1. The molecule has 0 amide bonds. The van der Waals surface area contributed by atoms with Crippen LogP contribution < -0.4 is 4.90 Å². The van der Waals surface area contributed by atoms with Crippen LogP contribution in [0.3, 0.4) is 0 Å². The van der Waals surface area contributed by atoms with E-state index in [2.05, 4.69) is 34.5 Å². The van der Waals surface area contributed by atoms with Gasteiger partial charge in [-0.25, -0.2) is 0 Å². The largest absolute Gasteiger partial charge is 0.481 e. The van der Waals surface area contributed by atoms with Crippen molar-refractivity contribution in [3.8, 4) is 0 Å². The van der Waals surface area contributed by atoms with Crippen LogP contribution in [0, 0.1) is 5.92 Å². The van der Waals surface area contributed by atoms with E-state index in [0.29, 0.717) is 6.54 Å². The van der Waals surface area contributed by atoms with Crippen molar-refractivity contribution in [2.75, 3.05) is 18.0 Å². The van der Waals surface area contributed by atoms with Crippen LogP contribution in [0.1, 0.15) is 6.42 Å². The van der Waals surface area contributed by atoms with Gasteiger partial charge in [0, 0.05) is 23.5 Å². The van der Waals surface area contributed by atoms with Gasteiger partial charge in [0.25, 0.3) is 0 Å². The first-order valence-electron chi connectivity index (χ1n) is 5.69. The van der Waals surface area contributed by atoms with Gasteiger partial charge in [-0.2, -0.15) is 0 Å². The summed E-state index contributed by atoms with van der Waals surface area (Å²) in [7, 11) is 0. The molecule has 1 saturated heterocycles. The fourth-order valence-electron chi connectivity index (χ4n) is 2.34. The van der Waals surface area contributed by atoms with Crippen molar-refractivity contribution in [1.82, 2.24) is 0 Å². The molecule has 4 heteroatoms. The SMILES string of the molecule is O=C(O)C1CCN(c2ccc3ccsc3c2)C1. The number of carboxylic acids is 1. The molecule has 1 N–H and O–H groups in total. The third-order valence-electron chi connectivity index (χ3n) is 3.34. The monoisotopic (exact) mass is 247 g/mol.